The monoisotopic (exact) mass is 460 g/mol. The normalized spacial score (nSPS) is 19.0. The summed E-state index contributed by atoms with van der Waals surface area (Å²) in [5.74, 6) is 0.156. The van der Waals surface area contributed by atoms with Crippen molar-refractivity contribution in [3.05, 3.63) is 28.5 Å². The SMILES string of the molecule is Cc1cc2c(C)c(C(=O)N3CCCCCC3)oc2c(S(=O)(=O)N(C)C2CCCCC2)c1C. The molecule has 32 heavy (non-hydrogen) atoms. The summed E-state index contributed by atoms with van der Waals surface area (Å²) in [6, 6.07) is 1.97. The van der Waals surface area contributed by atoms with Gasteiger partial charge in [0.25, 0.3) is 5.91 Å². The molecule has 2 fully saturated rings. The highest BCUT2D eigenvalue weighted by molar-refractivity contribution is 7.89. The fraction of sp³-hybridized carbons (Fsp3) is 0.640. The molecule has 6 nitrogen and oxygen atoms in total. The second-order valence-electron chi connectivity index (χ2n) is 9.60. The minimum absolute atomic E-state index is 0.0120. The predicted octanol–water partition coefficient (Wildman–Crippen LogP) is 5.33. The molecule has 1 aromatic carbocycles. The summed E-state index contributed by atoms with van der Waals surface area (Å²) in [4.78, 5) is 15.4. The van der Waals surface area contributed by atoms with Gasteiger partial charge in [-0.3, -0.25) is 4.79 Å². The van der Waals surface area contributed by atoms with E-state index >= 15 is 0 Å². The van der Waals surface area contributed by atoms with E-state index in [1.165, 1.54) is 0 Å². The Bertz CT molecular complexity index is 1100. The second-order valence-corrected chi connectivity index (χ2v) is 11.5. The smallest absolute Gasteiger partial charge is 0.289 e. The van der Waals surface area contributed by atoms with Crippen LogP contribution in [0.4, 0.5) is 0 Å². The van der Waals surface area contributed by atoms with E-state index < -0.39 is 10.0 Å². The van der Waals surface area contributed by atoms with Crippen molar-refractivity contribution < 1.29 is 17.6 Å². The van der Waals surface area contributed by atoms with Gasteiger partial charge in [0.15, 0.2) is 11.3 Å². The summed E-state index contributed by atoms with van der Waals surface area (Å²) in [5.41, 5.74) is 2.65. The molecule has 176 valence electrons. The number of sulfonamides is 1. The maximum atomic E-state index is 13.8. The highest BCUT2D eigenvalue weighted by atomic mass is 32.2. The summed E-state index contributed by atoms with van der Waals surface area (Å²) in [6.07, 6.45) is 9.32. The second kappa shape index (κ2) is 9.18. The number of fused-ring (bicyclic) bond motifs is 1. The Morgan fingerprint density at radius 3 is 2.19 bits per heavy atom. The van der Waals surface area contributed by atoms with Crippen molar-refractivity contribution in [1.29, 1.82) is 0 Å². The molecule has 0 N–H and O–H groups in total. The number of benzene rings is 1. The van der Waals surface area contributed by atoms with Crippen molar-refractivity contribution >= 4 is 26.9 Å². The number of hydrogen-bond donors (Lipinski definition) is 0. The van der Waals surface area contributed by atoms with Crippen molar-refractivity contribution in [2.75, 3.05) is 20.1 Å². The zero-order valence-electron chi connectivity index (χ0n) is 19.9. The van der Waals surface area contributed by atoms with Gasteiger partial charge < -0.3 is 9.32 Å². The molecule has 0 atom stereocenters. The van der Waals surface area contributed by atoms with Gasteiger partial charge in [0, 0.05) is 37.1 Å². The molecule has 1 saturated heterocycles. The third kappa shape index (κ3) is 4.10. The lowest BCUT2D eigenvalue weighted by Crippen LogP contribution is -2.38. The molecule has 1 aliphatic heterocycles. The highest BCUT2D eigenvalue weighted by Crippen LogP contribution is 2.38. The van der Waals surface area contributed by atoms with Crippen LogP contribution in [0.1, 0.15) is 85.0 Å². The molecule has 0 unspecified atom stereocenters. The first kappa shape index (κ1) is 23.3. The van der Waals surface area contributed by atoms with E-state index in [0.29, 0.717) is 11.1 Å². The Labute approximate surface area is 192 Å². The average Bonchev–Trinajstić information content (AvgIpc) is 2.96. The molecule has 7 heteroatoms. The minimum Gasteiger partial charge on any atom is -0.449 e. The molecule has 2 aromatic rings. The average molecular weight is 461 g/mol. The van der Waals surface area contributed by atoms with Crippen molar-refractivity contribution in [3.63, 3.8) is 0 Å². The quantitative estimate of drug-likeness (QED) is 0.618. The van der Waals surface area contributed by atoms with Gasteiger partial charge >= 0.3 is 0 Å². The summed E-state index contributed by atoms with van der Waals surface area (Å²) < 4.78 is 35.3. The number of nitrogens with zero attached hydrogens (tertiary/aromatic N) is 2. The lowest BCUT2D eigenvalue weighted by Gasteiger charge is -2.31. The van der Waals surface area contributed by atoms with Crippen LogP contribution in [0, 0.1) is 20.8 Å². The van der Waals surface area contributed by atoms with Crippen LogP contribution in [0.5, 0.6) is 0 Å². The van der Waals surface area contributed by atoms with Crippen LogP contribution in [-0.2, 0) is 10.0 Å². The Morgan fingerprint density at radius 1 is 0.969 bits per heavy atom. The third-order valence-electron chi connectivity index (χ3n) is 7.51. The van der Waals surface area contributed by atoms with Gasteiger partial charge in [-0.1, -0.05) is 32.1 Å². The molecular weight excluding hydrogens is 424 g/mol. The van der Waals surface area contributed by atoms with E-state index in [-0.39, 0.29) is 22.6 Å². The minimum atomic E-state index is -3.76. The summed E-state index contributed by atoms with van der Waals surface area (Å²) in [7, 11) is -2.07. The topological polar surface area (TPSA) is 70.8 Å². The number of carbonyl (C=O) groups excluding carboxylic acids is 1. The fourth-order valence-electron chi connectivity index (χ4n) is 5.26. The lowest BCUT2D eigenvalue weighted by atomic mass is 9.96. The Hall–Kier alpha value is -1.86. The number of rotatable bonds is 4. The van der Waals surface area contributed by atoms with Crippen molar-refractivity contribution in [3.8, 4) is 0 Å². The first-order chi connectivity index (χ1) is 15.2. The predicted molar refractivity (Wildman–Crippen MR) is 127 cm³/mol. The van der Waals surface area contributed by atoms with Crippen LogP contribution in [0.25, 0.3) is 11.0 Å². The van der Waals surface area contributed by atoms with Gasteiger partial charge in [-0.15, -0.1) is 0 Å². The van der Waals surface area contributed by atoms with Crippen LogP contribution in [0.2, 0.25) is 0 Å². The van der Waals surface area contributed by atoms with E-state index in [0.717, 1.165) is 87.4 Å². The van der Waals surface area contributed by atoms with Gasteiger partial charge in [-0.05, 0) is 63.6 Å². The van der Waals surface area contributed by atoms with Gasteiger partial charge in [0.05, 0.1) is 0 Å². The molecule has 0 radical (unpaired) electrons. The molecular formula is C25H36N2O4S. The maximum absolute atomic E-state index is 13.8. The van der Waals surface area contributed by atoms with Gasteiger partial charge in [0.1, 0.15) is 4.90 Å². The number of likely N-dealkylation sites (tertiary alicyclic amines) is 1. The van der Waals surface area contributed by atoms with Crippen molar-refractivity contribution in [2.45, 2.75) is 89.5 Å². The molecule has 1 aromatic heterocycles. The number of furan rings is 1. The van der Waals surface area contributed by atoms with Gasteiger partial charge in [0.2, 0.25) is 10.0 Å². The molecule has 4 rings (SSSR count). The van der Waals surface area contributed by atoms with Crippen LogP contribution in [-0.4, -0.2) is 49.7 Å². The summed E-state index contributed by atoms with van der Waals surface area (Å²) >= 11 is 0. The first-order valence-corrected chi connectivity index (χ1v) is 13.5. The van der Waals surface area contributed by atoms with Crippen molar-refractivity contribution in [1.82, 2.24) is 9.21 Å². The van der Waals surface area contributed by atoms with Crippen molar-refractivity contribution in [2.24, 2.45) is 0 Å². The number of aryl methyl sites for hydroxylation is 2. The molecule has 0 bridgehead atoms. The van der Waals surface area contributed by atoms with Crippen LogP contribution in [0.15, 0.2) is 15.4 Å². The van der Waals surface area contributed by atoms with Crippen LogP contribution >= 0.6 is 0 Å². The molecule has 1 saturated carbocycles. The van der Waals surface area contributed by atoms with E-state index in [4.69, 9.17) is 4.42 Å². The molecule has 2 heterocycles. The zero-order chi connectivity index (χ0) is 23.0. The highest BCUT2D eigenvalue weighted by Gasteiger charge is 2.35. The Kier molecular flexibility index (Phi) is 6.68. The Balaban J connectivity index is 1.81. The van der Waals surface area contributed by atoms with Gasteiger partial charge in [-0.25, -0.2) is 8.42 Å². The van der Waals surface area contributed by atoms with Crippen LogP contribution in [0.3, 0.4) is 0 Å². The fourth-order valence-corrected chi connectivity index (χ4v) is 7.08. The van der Waals surface area contributed by atoms with E-state index in [1.807, 2.05) is 31.7 Å². The molecule has 1 aliphatic carbocycles. The third-order valence-corrected chi connectivity index (χ3v) is 9.57. The Morgan fingerprint density at radius 2 is 1.56 bits per heavy atom. The number of hydrogen-bond acceptors (Lipinski definition) is 4. The number of carbonyl (C=O) groups is 1. The standard InChI is InChI=1S/C25H36N2O4S/c1-17-16-21-19(3)22(25(28)27-14-10-5-6-11-15-27)31-23(21)24(18(17)2)32(29,30)26(4)20-12-8-7-9-13-20/h16,20H,5-15H2,1-4H3. The lowest BCUT2D eigenvalue weighted by molar-refractivity contribution is 0.0730. The van der Waals surface area contributed by atoms with E-state index in [2.05, 4.69) is 0 Å². The first-order valence-electron chi connectivity index (χ1n) is 12.0. The largest absolute Gasteiger partial charge is 0.449 e. The van der Waals surface area contributed by atoms with Crippen LogP contribution < -0.4 is 0 Å². The molecule has 0 spiro atoms. The number of amides is 1. The van der Waals surface area contributed by atoms with E-state index in [1.54, 1.807) is 11.4 Å². The molecule has 2 aliphatic rings. The summed E-state index contributed by atoms with van der Waals surface area (Å²) in [6.45, 7) is 7.08. The van der Waals surface area contributed by atoms with E-state index in [9.17, 15) is 13.2 Å². The zero-order valence-corrected chi connectivity index (χ0v) is 20.7. The summed E-state index contributed by atoms with van der Waals surface area (Å²) in [5, 5.41) is 0.724. The van der Waals surface area contributed by atoms with Gasteiger partial charge in [-0.2, -0.15) is 4.31 Å². The maximum Gasteiger partial charge on any atom is 0.289 e. The molecule has 1 amide bonds.